The molecule has 42 heavy (non-hydrogen) atoms. The van der Waals surface area contributed by atoms with Crippen molar-refractivity contribution in [2.45, 2.75) is 119 Å². The van der Waals surface area contributed by atoms with Gasteiger partial charge < -0.3 is 24.8 Å². The van der Waals surface area contributed by atoms with Crippen LogP contribution in [0.2, 0.25) is 13.1 Å². The topological polar surface area (TPSA) is 0 Å². The second-order valence-electron chi connectivity index (χ2n) is 14.2. The Morgan fingerprint density at radius 1 is 0.738 bits per heavy atom. The van der Waals surface area contributed by atoms with Crippen molar-refractivity contribution in [3.8, 4) is 11.1 Å². The summed E-state index contributed by atoms with van der Waals surface area (Å²) in [5, 5.41) is 2.81. The van der Waals surface area contributed by atoms with Crippen LogP contribution in [-0.4, -0.2) is 9.52 Å². The van der Waals surface area contributed by atoms with E-state index in [0.717, 1.165) is 9.52 Å². The Morgan fingerprint density at radius 3 is 1.62 bits per heavy atom. The first kappa shape index (κ1) is 41.1. The molecule has 0 N–H and O–H groups in total. The molecule has 0 fully saturated rings. The number of rotatable bonds is 1. The Balaban J connectivity index is 0.000000953. The summed E-state index contributed by atoms with van der Waals surface area (Å²) in [5.74, 6) is 0. The number of hydrogen-bond acceptors (Lipinski definition) is 0. The van der Waals surface area contributed by atoms with Crippen LogP contribution in [0.5, 0.6) is 0 Å². The van der Waals surface area contributed by atoms with Crippen LogP contribution < -0.4 is 24.8 Å². The quantitative estimate of drug-likeness (QED) is 0.184. The molecule has 0 amide bonds. The molecule has 226 valence electrons. The van der Waals surface area contributed by atoms with E-state index in [1.807, 2.05) is 0 Å². The van der Waals surface area contributed by atoms with Gasteiger partial charge in [-0.05, 0) is 39.4 Å². The molecule has 4 aromatic carbocycles. The summed E-state index contributed by atoms with van der Waals surface area (Å²) in [6.07, 6.45) is 1.20. The molecule has 0 bridgehead atoms. The Bertz CT molecular complexity index is 1420. The van der Waals surface area contributed by atoms with Gasteiger partial charge in [-0.2, -0.15) is 34.4 Å². The zero-order valence-electron chi connectivity index (χ0n) is 28.6. The van der Waals surface area contributed by atoms with Gasteiger partial charge in [0.2, 0.25) is 0 Å². The van der Waals surface area contributed by atoms with Crippen LogP contribution in [0.3, 0.4) is 0 Å². The smallest absolute Gasteiger partial charge is 1.00 e. The van der Waals surface area contributed by atoms with Crippen LogP contribution in [0.4, 0.5) is 0 Å². The van der Waals surface area contributed by atoms with Crippen molar-refractivity contribution >= 4 is 20.3 Å². The maximum Gasteiger partial charge on any atom is 4.00 e. The maximum atomic E-state index is 2.47. The molecule has 4 heteroatoms. The molecule has 0 nitrogen and oxygen atoms in total. The van der Waals surface area contributed by atoms with Crippen molar-refractivity contribution in [1.82, 2.24) is 0 Å². The van der Waals surface area contributed by atoms with Crippen molar-refractivity contribution in [1.29, 1.82) is 0 Å². The summed E-state index contributed by atoms with van der Waals surface area (Å²) in [5.41, 5.74) is 15.0. The summed E-state index contributed by atoms with van der Waals surface area (Å²) in [4.78, 5) is 0. The number of fused-ring (bicyclic) bond motifs is 2. The predicted octanol–water partition coefficient (Wildman–Crippen LogP) is 5.22. The van der Waals surface area contributed by atoms with E-state index in [1.165, 1.54) is 61.7 Å². The SMILES string of the molecule is C[Si]C.Cc1[cH-]c(C)c(C)c1C.Cc1cc2c(-c3ccc(C(C)(C)C)cc3)c3c(cc2[cH-]1)C(C)(C)CC3(C)C.[Cl-].[Cl-].[Hf+4]. The fourth-order valence-corrected chi connectivity index (χ4v) is 6.60. The van der Waals surface area contributed by atoms with E-state index in [-0.39, 0.29) is 66.9 Å². The Hall–Kier alpha value is -0.933. The van der Waals surface area contributed by atoms with Gasteiger partial charge in [-0.15, -0.1) is 28.5 Å². The predicted molar refractivity (Wildman–Crippen MR) is 178 cm³/mol. The number of benzene rings is 2. The molecule has 1 aliphatic carbocycles. The second kappa shape index (κ2) is 15.4. The minimum atomic E-state index is 0. The van der Waals surface area contributed by atoms with Gasteiger partial charge >= 0.3 is 25.8 Å². The zero-order chi connectivity index (χ0) is 29.5. The van der Waals surface area contributed by atoms with E-state index in [1.54, 1.807) is 11.1 Å². The second-order valence-corrected chi connectivity index (χ2v) is 15.2. The van der Waals surface area contributed by atoms with Crippen LogP contribution in [0.15, 0.2) is 48.5 Å². The van der Waals surface area contributed by atoms with Crippen LogP contribution in [0, 0.1) is 34.6 Å². The average Bonchev–Trinajstić information content (AvgIpc) is 3.37. The van der Waals surface area contributed by atoms with Gasteiger partial charge in [-0.1, -0.05) is 132 Å². The first-order valence-corrected chi connectivity index (χ1v) is 16.6. The molecule has 0 spiro atoms. The van der Waals surface area contributed by atoms with E-state index >= 15 is 0 Å². The molecule has 0 saturated carbocycles. The normalized spacial score (nSPS) is 14.2. The summed E-state index contributed by atoms with van der Waals surface area (Å²) in [7, 11) is 1.08. The summed E-state index contributed by atoms with van der Waals surface area (Å²) < 4.78 is 0. The molecular weight excluding hydrogens is 734 g/mol. The molecule has 0 aliphatic heterocycles. The van der Waals surface area contributed by atoms with E-state index in [0.29, 0.717) is 0 Å². The molecule has 2 radical (unpaired) electrons. The molecule has 0 unspecified atom stereocenters. The molecule has 4 aromatic rings. The number of aryl methyl sites for hydroxylation is 3. The number of halogens is 2. The average molecular weight is 786 g/mol. The standard InChI is InChI=1S/C27H33.C9H13.C2H6Si.2ClH.Hf/c1-17-13-19-15-22-24(27(7,8)16-26(22,5)6)23(21(19)14-17)18-9-11-20(12-10-18)25(2,3)4;1-6-5-7(2)9(4)8(6)3;1-3-2;;;/h9-15H,16H2,1-8H3;5H,1-4H3;1-2H3;2*1H;/q2*-1;;;;+4/p-2. The van der Waals surface area contributed by atoms with E-state index < -0.39 is 0 Å². The molecule has 1 aliphatic rings. The Labute approximate surface area is 292 Å². The zero-order valence-corrected chi connectivity index (χ0v) is 34.7. The summed E-state index contributed by atoms with van der Waals surface area (Å²) in [6.45, 7) is 31.7. The van der Waals surface area contributed by atoms with Gasteiger partial charge in [0.05, 0.1) is 0 Å². The Kier molecular flexibility index (Phi) is 15.0. The number of hydrogen-bond donors (Lipinski definition) is 0. The van der Waals surface area contributed by atoms with E-state index in [4.69, 9.17) is 0 Å². The van der Waals surface area contributed by atoms with Gasteiger partial charge in [0.25, 0.3) is 0 Å². The third kappa shape index (κ3) is 8.61. The minimum Gasteiger partial charge on any atom is -1.00 e. The molecule has 0 heterocycles. The van der Waals surface area contributed by atoms with Crippen molar-refractivity contribution in [2.75, 3.05) is 0 Å². The van der Waals surface area contributed by atoms with Crippen molar-refractivity contribution in [3.63, 3.8) is 0 Å². The third-order valence-electron chi connectivity index (χ3n) is 8.66. The van der Waals surface area contributed by atoms with Crippen LogP contribution in [0.25, 0.3) is 21.9 Å². The molecule has 0 atom stereocenters. The van der Waals surface area contributed by atoms with E-state index in [9.17, 15) is 0 Å². The van der Waals surface area contributed by atoms with Gasteiger partial charge in [0.1, 0.15) is 0 Å². The summed E-state index contributed by atoms with van der Waals surface area (Å²) >= 11 is 0. The van der Waals surface area contributed by atoms with Crippen LogP contribution >= 0.6 is 0 Å². The van der Waals surface area contributed by atoms with Crippen LogP contribution in [-0.2, 0) is 42.1 Å². The van der Waals surface area contributed by atoms with Gasteiger partial charge in [0.15, 0.2) is 0 Å². The van der Waals surface area contributed by atoms with Gasteiger partial charge in [-0.3, -0.25) is 0 Å². The first-order chi connectivity index (χ1) is 17.9. The van der Waals surface area contributed by atoms with E-state index in [2.05, 4.69) is 145 Å². The first-order valence-electron chi connectivity index (χ1n) is 14.6. The Morgan fingerprint density at radius 2 is 1.21 bits per heavy atom. The molecule has 0 saturated heterocycles. The van der Waals surface area contributed by atoms with Crippen molar-refractivity contribution in [2.24, 2.45) is 0 Å². The summed E-state index contributed by atoms with van der Waals surface area (Å²) in [6, 6.07) is 18.8. The van der Waals surface area contributed by atoms with Crippen LogP contribution in [0.1, 0.15) is 99.4 Å². The fourth-order valence-electron chi connectivity index (χ4n) is 6.60. The monoisotopic (exact) mass is 786 g/mol. The minimum absolute atomic E-state index is 0. The molecule has 5 rings (SSSR count). The van der Waals surface area contributed by atoms with Gasteiger partial charge in [-0.25, -0.2) is 0 Å². The van der Waals surface area contributed by atoms with Crippen molar-refractivity contribution < 1.29 is 50.7 Å². The van der Waals surface area contributed by atoms with Crippen molar-refractivity contribution in [3.05, 3.63) is 93.0 Å². The molecule has 0 aromatic heterocycles. The largest absolute Gasteiger partial charge is 4.00 e. The molecular formula is C38H52Cl2HfSi. The fraction of sp³-hybridized carbons (Fsp3) is 0.474. The maximum absolute atomic E-state index is 2.47. The van der Waals surface area contributed by atoms with Gasteiger partial charge in [0, 0.05) is 9.52 Å². The third-order valence-corrected chi connectivity index (χ3v) is 8.66.